The molecule has 0 N–H and O–H groups in total. The molecule has 0 aromatic heterocycles. The summed E-state index contributed by atoms with van der Waals surface area (Å²) >= 11 is 1.58. The zero-order valence-corrected chi connectivity index (χ0v) is 22.2. The van der Waals surface area contributed by atoms with Gasteiger partial charge >= 0.3 is 122 Å². The molecular formula is C29H25Cl2Zr. The van der Waals surface area contributed by atoms with E-state index in [9.17, 15) is 0 Å². The molecule has 4 aromatic carbocycles. The average Bonchev–Trinajstić information content (AvgIpc) is 3.33. The summed E-state index contributed by atoms with van der Waals surface area (Å²) < 4.78 is 0.605. The molecule has 0 amide bonds. The Labute approximate surface area is 218 Å². The van der Waals surface area contributed by atoms with Gasteiger partial charge in [-0.1, -0.05) is 50.3 Å². The van der Waals surface area contributed by atoms with Crippen molar-refractivity contribution in [1.82, 2.24) is 0 Å². The molecule has 0 bridgehead atoms. The van der Waals surface area contributed by atoms with Crippen molar-refractivity contribution in [3.05, 3.63) is 113 Å². The van der Waals surface area contributed by atoms with E-state index in [1.54, 1.807) is 24.7 Å². The van der Waals surface area contributed by atoms with Crippen molar-refractivity contribution in [3.8, 4) is 11.1 Å². The first-order chi connectivity index (χ1) is 14.6. The zero-order chi connectivity index (χ0) is 20.7. The van der Waals surface area contributed by atoms with Crippen LogP contribution in [0.1, 0.15) is 45.6 Å². The van der Waals surface area contributed by atoms with E-state index < -0.39 is 0 Å². The molecule has 32 heavy (non-hydrogen) atoms. The Morgan fingerprint density at radius 2 is 1.25 bits per heavy atom. The summed E-state index contributed by atoms with van der Waals surface area (Å²) in [4.78, 5) is 0. The van der Waals surface area contributed by atoms with Crippen molar-refractivity contribution in [2.24, 2.45) is 5.92 Å². The molecule has 2 aliphatic rings. The number of rotatable bonds is 1. The minimum atomic E-state index is 0. The third-order valence-electron chi connectivity index (χ3n) is 6.35. The molecule has 2 aliphatic carbocycles. The first kappa shape index (κ1) is 25.0. The molecule has 2 unspecified atom stereocenters. The zero-order valence-electron chi connectivity index (χ0n) is 18.2. The van der Waals surface area contributed by atoms with Gasteiger partial charge in [0, 0.05) is 5.92 Å². The maximum atomic E-state index is 2.38. The predicted molar refractivity (Wildman–Crippen MR) is 124 cm³/mol. The van der Waals surface area contributed by atoms with E-state index in [4.69, 9.17) is 0 Å². The molecule has 4 aromatic rings. The predicted octanol–water partition coefficient (Wildman–Crippen LogP) is 1.92. The molecule has 0 fully saturated rings. The van der Waals surface area contributed by atoms with Gasteiger partial charge in [-0.15, -0.1) is 0 Å². The van der Waals surface area contributed by atoms with Gasteiger partial charge in [0.25, 0.3) is 0 Å². The minimum absolute atomic E-state index is 0. The fourth-order valence-corrected chi connectivity index (χ4v) is 5.96. The van der Waals surface area contributed by atoms with Crippen LogP contribution in [0, 0.1) is 5.92 Å². The van der Waals surface area contributed by atoms with Crippen LogP contribution in [0.2, 0.25) is 0 Å². The fraction of sp³-hybridized carbons (Fsp3) is 0.172. The standard InChI is InChI=1S/C17H11.C12H14.2ClH.Zr/c1-2-6-13-11-17-15(9-12(13)5-1)10-14-7-3-4-8-16(14)17;1-9(2)11-8-7-10-5-3-4-6-12(10)11;;;/h1-11H;3-9,11H,1-2H3;2*1H;/q;;;;+2/p-2. The monoisotopic (exact) mass is 533 g/mol. The SMILES string of the molecule is CC(C)C1C=Cc2ccccc21.[Cl-].[Cl-].[Zr+2][CH]1c2ccccc2-c2cc3ccccc3cc21. The summed E-state index contributed by atoms with van der Waals surface area (Å²) in [6, 6.07) is 30.9. The Hall–Kier alpha value is -1.66. The third-order valence-corrected chi connectivity index (χ3v) is 7.88. The van der Waals surface area contributed by atoms with Crippen LogP contribution in [0.15, 0.2) is 91.0 Å². The molecule has 0 nitrogen and oxygen atoms in total. The van der Waals surface area contributed by atoms with Crippen molar-refractivity contribution < 1.29 is 49.5 Å². The molecule has 0 heterocycles. The van der Waals surface area contributed by atoms with Gasteiger partial charge in [-0.2, -0.15) is 0 Å². The van der Waals surface area contributed by atoms with Crippen molar-refractivity contribution in [2.75, 3.05) is 0 Å². The summed E-state index contributed by atoms with van der Waals surface area (Å²) in [5.41, 5.74) is 8.77. The van der Waals surface area contributed by atoms with Crippen LogP contribution in [0.5, 0.6) is 0 Å². The molecule has 0 saturated carbocycles. The number of hydrogen-bond acceptors (Lipinski definition) is 0. The second kappa shape index (κ2) is 10.5. The third kappa shape index (κ3) is 4.54. The Bertz CT molecular complexity index is 1260. The molecular weight excluding hydrogens is 510 g/mol. The van der Waals surface area contributed by atoms with Crippen molar-refractivity contribution >= 4 is 16.8 Å². The normalized spacial score (nSPS) is 16.9. The second-order valence-corrected chi connectivity index (χ2v) is 9.98. The van der Waals surface area contributed by atoms with Gasteiger partial charge in [0.2, 0.25) is 0 Å². The number of halogens is 2. The fourth-order valence-electron chi connectivity index (χ4n) is 4.75. The van der Waals surface area contributed by atoms with Crippen LogP contribution in [0.4, 0.5) is 0 Å². The van der Waals surface area contributed by atoms with Crippen LogP contribution in [0.3, 0.4) is 0 Å². The van der Waals surface area contributed by atoms with Crippen LogP contribution >= 0.6 is 0 Å². The van der Waals surface area contributed by atoms with E-state index in [0.29, 0.717) is 15.5 Å². The molecule has 3 heteroatoms. The Balaban J connectivity index is 0.000000183. The van der Waals surface area contributed by atoms with Crippen LogP contribution < -0.4 is 24.8 Å². The maximum absolute atomic E-state index is 2.38. The number of fused-ring (bicyclic) bond motifs is 5. The second-order valence-electron chi connectivity index (χ2n) is 8.56. The Morgan fingerprint density at radius 1 is 0.656 bits per heavy atom. The molecule has 2 atom stereocenters. The summed E-state index contributed by atoms with van der Waals surface area (Å²) in [5.74, 6) is 1.35. The van der Waals surface area contributed by atoms with Crippen molar-refractivity contribution in [1.29, 1.82) is 0 Å². The summed E-state index contributed by atoms with van der Waals surface area (Å²) in [6.07, 6.45) is 4.55. The van der Waals surface area contributed by atoms with E-state index in [0.717, 1.165) is 0 Å². The topological polar surface area (TPSA) is 0 Å². The number of hydrogen-bond donors (Lipinski definition) is 0. The van der Waals surface area contributed by atoms with Gasteiger partial charge in [0.1, 0.15) is 0 Å². The van der Waals surface area contributed by atoms with E-state index in [-0.39, 0.29) is 24.8 Å². The van der Waals surface area contributed by atoms with Crippen molar-refractivity contribution in [2.45, 2.75) is 23.4 Å². The average molecular weight is 536 g/mol. The van der Waals surface area contributed by atoms with E-state index >= 15 is 0 Å². The van der Waals surface area contributed by atoms with E-state index in [1.807, 2.05) is 0 Å². The van der Waals surface area contributed by atoms with Crippen molar-refractivity contribution in [3.63, 3.8) is 0 Å². The number of allylic oxidation sites excluding steroid dienone is 1. The van der Waals surface area contributed by atoms with Crippen LogP contribution in [0.25, 0.3) is 28.0 Å². The molecule has 0 spiro atoms. The summed E-state index contributed by atoms with van der Waals surface area (Å²) in [6.45, 7) is 4.55. The number of benzene rings is 4. The van der Waals surface area contributed by atoms with E-state index in [2.05, 4.69) is 111 Å². The molecule has 0 radical (unpaired) electrons. The Kier molecular flexibility index (Phi) is 8.21. The summed E-state index contributed by atoms with van der Waals surface area (Å²) in [7, 11) is 0. The van der Waals surface area contributed by atoms with Gasteiger partial charge in [-0.3, -0.25) is 0 Å². The van der Waals surface area contributed by atoms with Crippen LogP contribution in [-0.4, -0.2) is 0 Å². The molecule has 0 aliphatic heterocycles. The van der Waals surface area contributed by atoms with Gasteiger partial charge in [-0.25, -0.2) is 0 Å². The Morgan fingerprint density at radius 3 is 1.97 bits per heavy atom. The summed E-state index contributed by atoms with van der Waals surface area (Å²) in [5, 5.41) is 2.70. The quantitative estimate of drug-likeness (QED) is 0.350. The first-order valence-corrected chi connectivity index (χ1v) is 12.2. The van der Waals surface area contributed by atoms with Gasteiger partial charge < -0.3 is 24.8 Å². The van der Waals surface area contributed by atoms with Crippen LogP contribution in [-0.2, 0) is 24.7 Å². The first-order valence-electron chi connectivity index (χ1n) is 10.7. The van der Waals surface area contributed by atoms with Gasteiger partial charge in [0.15, 0.2) is 0 Å². The molecule has 0 saturated heterocycles. The van der Waals surface area contributed by atoms with Gasteiger partial charge in [-0.05, 0) is 17.0 Å². The molecule has 6 rings (SSSR count). The van der Waals surface area contributed by atoms with E-state index in [1.165, 1.54) is 44.2 Å². The molecule has 159 valence electrons. The van der Waals surface area contributed by atoms with Gasteiger partial charge in [0.05, 0.1) is 0 Å².